The zero-order valence-electron chi connectivity index (χ0n) is 24.3. The summed E-state index contributed by atoms with van der Waals surface area (Å²) in [6.45, 7) is 0. The number of para-hydroxylation sites is 1. The zero-order valence-corrected chi connectivity index (χ0v) is 24.3. The highest BCUT2D eigenvalue weighted by Crippen LogP contribution is 2.44. The van der Waals surface area contributed by atoms with Gasteiger partial charge in [-0.3, -0.25) is 0 Å². The monoisotopic (exact) mass is 568 g/mol. The second-order valence-electron chi connectivity index (χ2n) is 12.1. The minimum atomic E-state index is 0.675. The SMILES string of the molecule is N#Cc1cc2ccc3cc(-c4cc5ccc6cc(-c7ccccc7)cc7ccc(c4)c5c67)cc4c3c2c(c1)n4-c1ccccc1. The number of rotatable bonds is 3. The molecular formula is C43H24N2. The smallest absolute Gasteiger partial charge is 0.0992 e. The van der Waals surface area contributed by atoms with Gasteiger partial charge in [-0.05, 0) is 126 Å². The van der Waals surface area contributed by atoms with E-state index >= 15 is 0 Å². The Kier molecular flexibility index (Phi) is 4.82. The molecule has 0 atom stereocenters. The molecule has 1 heterocycles. The molecule has 0 amide bonds. The molecule has 1 aromatic heterocycles. The van der Waals surface area contributed by atoms with E-state index in [0.717, 1.165) is 22.1 Å². The van der Waals surface area contributed by atoms with Crippen LogP contribution < -0.4 is 0 Å². The van der Waals surface area contributed by atoms with Crippen LogP contribution in [-0.2, 0) is 0 Å². The van der Waals surface area contributed by atoms with Gasteiger partial charge in [-0.2, -0.15) is 5.26 Å². The van der Waals surface area contributed by atoms with E-state index in [-0.39, 0.29) is 0 Å². The van der Waals surface area contributed by atoms with Crippen molar-refractivity contribution >= 4 is 64.9 Å². The summed E-state index contributed by atoms with van der Waals surface area (Å²) in [5, 5.41) is 22.3. The molecule has 206 valence electrons. The minimum Gasteiger partial charge on any atom is -0.309 e. The average molecular weight is 569 g/mol. The quantitative estimate of drug-likeness (QED) is 0.195. The van der Waals surface area contributed by atoms with Crippen LogP contribution in [-0.4, -0.2) is 4.57 Å². The summed E-state index contributed by atoms with van der Waals surface area (Å²) in [5.74, 6) is 0. The van der Waals surface area contributed by atoms with Crippen molar-refractivity contribution in [2.45, 2.75) is 0 Å². The first-order chi connectivity index (χ1) is 22.2. The first-order valence-corrected chi connectivity index (χ1v) is 15.3. The van der Waals surface area contributed by atoms with Crippen LogP contribution in [0.2, 0.25) is 0 Å². The predicted octanol–water partition coefficient (Wildman–Crippen LogP) is 11.5. The molecule has 45 heavy (non-hydrogen) atoms. The van der Waals surface area contributed by atoms with Gasteiger partial charge in [-0.25, -0.2) is 0 Å². The van der Waals surface area contributed by atoms with Crippen LogP contribution in [0.4, 0.5) is 0 Å². The molecule has 10 aromatic rings. The Balaban J connectivity index is 1.23. The second kappa shape index (κ2) is 8.92. The van der Waals surface area contributed by atoms with Gasteiger partial charge < -0.3 is 4.57 Å². The molecule has 0 bridgehead atoms. The summed E-state index contributed by atoms with van der Waals surface area (Å²) < 4.78 is 2.32. The van der Waals surface area contributed by atoms with Gasteiger partial charge in [0.25, 0.3) is 0 Å². The number of hydrogen-bond acceptors (Lipinski definition) is 1. The fourth-order valence-corrected chi connectivity index (χ4v) is 7.66. The van der Waals surface area contributed by atoms with Crippen molar-refractivity contribution < 1.29 is 0 Å². The first-order valence-electron chi connectivity index (χ1n) is 15.3. The summed E-state index contributed by atoms with van der Waals surface area (Å²) in [4.78, 5) is 0. The average Bonchev–Trinajstić information content (AvgIpc) is 3.44. The number of nitriles is 1. The minimum absolute atomic E-state index is 0.675. The Labute approximate surface area is 259 Å². The van der Waals surface area contributed by atoms with Crippen LogP contribution in [0.1, 0.15) is 5.56 Å². The molecule has 0 aliphatic carbocycles. The number of aromatic nitrogens is 1. The summed E-state index contributed by atoms with van der Waals surface area (Å²) in [7, 11) is 0. The van der Waals surface area contributed by atoms with E-state index in [1.54, 1.807) is 0 Å². The van der Waals surface area contributed by atoms with E-state index in [4.69, 9.17) is 0 Å². The van der Waals surface area contributed by atoms with E-state index in [9.17, 15) is 5.26 Å². The molecule has 0 unspecified atom stereocenters. The van der Waals surface area contributed by atoms with Crippen molar-refractivity contribution in [2.75, 3.05) is 0 Å². The molecule has 0 radical (unpaired) electrons. The lowest BCUT2D eigenvalue weighted by atomic mass is 9.89. The third-order valence-electron chi connectivity index (χ3n) is 9.59. The van der Waals surface area contributed by atoms with Gasteiger partial charge in [0, 0.05) is 16.5 Å². The molecule has 0 aliphatic heterocycles. The topological polar surface area (TPSA) is 28.7 Å². The molecular weight excluding hydrogens is 544 g/mol. The standard InChI is InChI=1S/C43H24N2/c44-25-26-17-28-11-16-33-23-36(24-39-43(33)42(28)38(18-26)45(39)37-9-5-2-6-10-37)35-21-31-14-12-29-19-34(27-7-3-1-4-8-27)20-30-13-15-32(22-35)41(31)40(29)30/h1-24H. The Morgan fingerprint density at radius 1 is 0.378 bits per heavy atom. The Bertz CT molecular complexity index is 2730. The van der Waals surface area contributed by atoms with Crippen molar-refractivity contribution in [3.63, 3.8) is 0 Å². The van der Waals surface area contributed by atoms with Gasteiger partial charge in [0.05, 0.1) is 22.7 Å². The molecule has 2 nitrogen and oxygen atoms in total. The summed E-state index contributed by atoms with van der Waals surface area (Å²) >= 11 is 0. The van der Waals surface area contributed by atoms with Crippen molar-refractivity contribution in [2.24, 2.45) is 0 Å². The highest BCUT2D eigenvalue weighted by molar-refractivity contribution is 6.27. The summed E-state index contributed by atoms with van der Waals surface area (Å²) in [5.41, 5.74) is 8.86. The van der Waals surface area contributed by atoms with Crippen molar-refractivity contribution in [3.05, 3.63) is 151 Å². The van der Waals surface area contributed by atoms with Crippen LogP contribution in [0.5, 0.6) is 0 Å². The predicted molar refractivity (Wildman–Crippen MR) is 189 cm³/mol. The fourth-order valence-electron chi connectivity index (χ4n) is 7.66. The number of hydrogen-bond donors (Lipinski definition) is 0. The van der Waals surface area contributed by atoms with E-state index in [1.807, 2.05) is 18.2 Å². The van der Waals surface area contributed by atoms with Gasteiger partial charge in [-0.1, -0.05) is 84.9 Å². The third kappa shape index (κ3) is 3.44. The maximum absolute atomic E-state index is 9.84. The normalized spacial score (nSPS) is 12.0. The Morgan fingerprint density at radius 2 is 0.800 bits per heavy atom. The van der Waals surface area contributed by atoms with E-state index in [0.29, 0.717) is 5.56 Å². The van der Waals surface area contributed by atoms with Crippen molar-refractivity contribution in [1.29, 1.82) is 5.26 Å². The lowest BCUT2D eigenvalue weighted by Gasteiger charge is -2.15. The highest BCUT2D eigenvalue weighted by atomic mass is 15.0. The largest absolute Gasteiger partial charge is 0.309 e. The van der Waals surface area contributed by atoms with E-state index in [2.05, 4.69) is 138 Å². The van der Waals surface area contributed by atoms with E-state index < -0.39 is 0 Å². The third-order valence-corrected chi connectivity index (χ3v) is 9.59. The molecule has 0 saturated heterocycles. The maximum atomic E-state index is 9.84. The fraction of sp³-hybridized carbons (Fsp3) is 0. The first kappa shape index (κ1) is 24.3. The molecule has 0 aliphatic rings. The lowest BCUT2D eigenvalue weighted by molar-refractivity contribution is 1.18. The molecule has 0 saturated carbocycles. The summed E-state index contributed by atoms with van der Waals surface area (Å²) in [6, 6.07) is 55.0. The van der Waals surface area contributed by atoms with Crippen LogP contribution in [0.25, 0.3) is 92.8 Å². The van der Waals surface area contributed by atoms with Gasteiger partial charge in [0.1, 0.15) is 0 Å². The molecule has 0 N–H and O–H groups in total. The number of nitrogens with zero attached hydrogens (tertiary/aromatic N) is 2. The van der Waals surface area contributed by atoms with Crippen LogP contribution in [0.15, 0.2) is 146 Å². The second-order valence-corrected chi connectivity index (χ2v) is 12.1. The van der Waals surface area contributed by atoms with Gasteiger partial charge in [-0.15, -0.1) is 0 Å². The Hall–Kier alpha value is -6.17. The summed E-state index contributed by atoms with van der Waals surface area (Å²) in [6.07, 6.45) is 0. The van der Waals surface area contributed by atoms with Crippen LogP contribution in [0.3, 0.4) is 0 Å². The van der Waals surface area contributed by atoms with Gasteiger partial charge >= 0.3 is 0 Å². The maximum Gasteiger partial charge on any atom is 0.0992 e. The highest BCUT2D eigenvalue weighted by Gasteiger charge is 2.20. The van der Waals surface area contributed by atoms with Crippen molar-refractivity contribution in [1.82, 2.24) is 4.57 Å². The zero-order chi connectivity index (χ0) is 29.6. The van der Waals surface area contributed by atoms with Gasteiger partial charge in [0.15, 0.2) is 0 Å². The molecule has 0 fully saturated rings. The van der Waals surface area contributed by atoms with Crippen molar-refractivity contribution in [3.8, 4) is 34.0 Å². The van der Waals surface area contributed by atoms with Crippen LogP contribution in [0, 0.1) is 11.3 Å². The van der Waals surface area contributed by atoms with Crippen LogP contribution >= 0.6 is 0 Å². The number of benzene rings is 9. The van der Waals surface area contributed by atoms with E-state index in [1.165, 1.54) is 70.7 Å². The molecule has 0 spiro atoms. The lowest BCUT2D eigenvalue weighted by Crippen LogP contribution is -1.94. The van der Waals surface area contributed by atoms with Gasteiger partial charge in [0.2, 0.25) is 0 Å². The molecule has 10 rings (SSSR count). The Morgan fingerprint density at radius 3 is 1.33 bits per heavy atom. The molecule has 2 heteroatoms. The molecule has 9 aromatic carbocycles.